The lowest BCUT2D eigenvalue weighted by molar-refractivity contribution is 0.101. The monoisotopic (exact) mass is 572 g/mol. The Bertz CT molecular complexity index is 1420. The Kier molecular flexibility index (Phi) is 9.39. The molecule has 198 valence electrons. The number of nitrogens with zero attached hydrogens (tertiary/aromatic N) is 1. The number of nitrogens with one attached hydrogen (secondary N) is 3. The van der Waals surface area contributed by atoms with Crippen LogP contribution in [-0.2, 0) is 6.42 Å². The number of phenolic OH excluding ortho intramolecular Hbond substituents is 1. The number of H-pyrrole nitrogens is 1. The number of hydrogen-bond donors (Lipinski definition) is 4. The summed E-state index contributed by atoms with van der Waals surface area (Å²) in [5.41, 5.74) is 4.47. The van der Waals surface area contributed by atoms with Crippen molar-refractivity contribution in [3.63, 3.8) is 0 Å². The van der Waals surface area contributed by atoms with Gasteiger partial charge in [-0.15, -0.1) is 34.8 Å². The summed E-state index contributed by atoms with van der Waals surface area (Å²) in [5, 5.41) is 16.3. The van der Waals surface area contributed by atoms with Crippen LogP contribution in [0.15, 0.2) is 66.7 Å². The number of amides is 2. The molecule has 4 N–H and O–H groups in total. The van der Waals surface area contributed by atoms with Crippen molar-refractivity contribution < 1.29 is 14.7 Å². The van der Waals surface area contributed by atoms with Gasteiger partial charge < -0.3 is 25.6 Å². The lowest BCUT2D eigenvalue weighted by atomic mass is 10.1. The highest BCUT2D eigenvalue weighted by Crippen LogP contribution is 2.25. The molecule has 0 saturated heterocycles. The zero-order valence-corrected chi connectivity index (χ0v) is 22.7. The molecule has 2 amide bonds. The molecule has 3 aromatic carbocycles. The van der Waals surface area contributed by atoms with Crippen molar-refractivity contribution in [2.75, 3.05) is 46.3 Å². The van der Waals surface area contributed by atoms with Gasteiger partial charge in [-0.2, -0.15) is 0 Å². The van der Waals surface area contributed by atoms with Crippen LogP contribution in [0.3, 0.4) is 0 Å². The van der Waals surface area contributed by atoms with Crippen LogP contribution in [0.4, 0.5) is 17.1 Å². The first-order chi connectivity index (χ1) is 18.4. The molecule has 10 heteroatoms. The highest BCUT2D eigenvalue weighted by atomic mass is 35.5. The minimum absolute atomic E-state index is 0.0492. The van der Waals surface area contributed by atoms with E-state index in [0.717, 1.165) is 22.2 Å². The number of alkyl halides is 3. The van der Waals surface area contributed by atoms with Crippen molar-refractivity contribution in [2.24, 2.45) is 0 Å². The number of aromatic amines is 1. The van der Waals surface area contributed by atoms with Gasteiger partial charge >= 0.3 is 0 Å². The second kappa shape index (κ2) is 12.9. The summed E-state index contributed by atoms with van der Waals surface area (Å²) >= 11 is 17.6. The van der Waals surface area contributed by atoms with Crippen LogP contribution >= 0.6 is 34.8 Å². The molecule has 0 atom stereocenters. The van der Waals surface area contributed by atoms with E-state index in [2.05, 4.69) is 20.5 Å². The average molecular weight is 574 g/mol. The lowest BCUT2D eigenvalue weighted by Crippen LogP contribution is -2.27. The molecule has 0 aliphatic rings. The number of aryl methyl sites for hydroxylation is 1. The fourth-order valence-corrected chi connectivity index (χ4v) is 4.74. The quantitative estimate of drug-likeness (QED) is 0.155. The van der Waals surface area contributed by atoms with Gasteiger partial charge in [-0.1, -0.05) is 6.07 Å². The minimum Gasteiger partial charge on any atom is -0.508 e. The third-order valence-electron chi connectivity index (χ3n) is 6.03. The molecule has 0 aliphatic carbocycles. The first-order valence-electron chi connectivity index (χ1n) is 12.0. The molecule has 0 aliphatic heterocycles. The van der Waals surface area contributed by atoms with Gasteiger partial charge in [0.2, 0.25) is 0 Å². The average Bonchev–Trinajstić information content (AvgIpc) is 3.34. The van der Waals surface area contributed by atoms with E-state index >= 15 is 0 Å². The van der Waals surface area contributed by atoms with Gasteiger partial charge in [0.1, 0.15) is 11.4 Å². The number of phenols is 1. The van der Waals surface area contributed by atoms with Crippen LogP contribution < -0.4 is 15.5 Å². The van der Waals surface area contributed by atoms with E-state index in [0.29, 0.717) is 59.8 Å². The minimum atomic E-state index is -0.356. The standard InChI is InChI=1S/C28H27Cl3N4O3/c29-10-9-18-3-7-23(36)17-25(18)34-28(38)26-16-20-15-21(4-8-24(20)33-26)32-27(37)19-1-5-22(6-2-19)35(13-11-30)14-12-31/h1-8,15-17,33,36H,9-14H2,(H,32,37)(H,34,38). The number of carbonyl (C=O) groups excluding carboxylic acids is 2. The lowest BCUT2D eigenvalue weighted by Gasteiger charge is -2.22. The highest BCUT2D eigenvalue weighted by Gasteiger charge is 2.14. The van der Waals surface area contributed by atoms with Gasteiger partial charge in [0, 0.05) is 70.3 Å². The SMILES string of the molecule is O=C(Nc1ccc2[nH]c(C(=O)Nc3cc(O)ccc3CCCl)cc2c1)c1ccc(N(CCCl)CCCl)cc1. The fraction of sp³-hybridized carbons (Fsp3) is 0.214. The van der Waals surface area contributed by atoms with Gasteiger partial charge in [-0.3, -0.25) is 9.59 Å². The number of carbonyl (C=O) groups is 2. The van der Waals surface area contributed by atoms with Gasteiger partial charge in [0.25, 0.3) is 11.8 Å². The van der Waals surface area contributed by atoms with E-state index in [-0.39, 0.29) is 17.6 Å². The van der Waals surface area contributed by atoms with Gasteiger partial charge in [0.05, 0.1) is 0 Å². The Balaban J connectivity index is 1.46. The van der Waals surface area contributed by atoms with Crippen LogP contribution in [0.25, 0.3) is 10.9 Å². The largest absolute Gasteiger partial charge is 0.508 e. The first-order valence-corrected chi connectivity index (χ1v) is 13.6. The summed E-state index contributed by atoms with van der Waals surface area (Å²) in [6.07, 6.45) is 0.551. The van der Waals surface area contributed by atoms with Crippen LogP contribution in [0, 0.1) is 0 Å². The van der Waals surface area contributed by atoms with Crippen molar-refractivity contribution in [1.82, 2.24) is 4.98 Å². The topological polar surface area (TPSA) is 97.5 Å². The molecule has 4 rings (SSSR count). The predicted molar refractivity (Wildman–Crippen MR) is 157 cm³/mol. The third kappa shape index (κ3) is 6.72. The summed E-state index contributed by atoms with van der Waals surface area (Å²) in [6, 6.07) is 19.1. The molecule has 4 aromatic rings. The predicted octanol–water partition coefficient (Wildman–Crippen LogP) is 6.44. The second-order valence-corrected chi connectivity index (χ2v) is 9.72. The molecule has 7 nitrogen and oxygen atoms in total. The molecule has 1 heterocycles. The molecule has 0 fully saturated rings. The van der Waals surface area contributed by atoms with E-state index < -0.39 is 0 Å². The molecule has 0 bridgehead atoms. The van der Waals surface area contributed by atoms with E-state index in [9.17, 15) is 14.7 Å². The number of rotatable bonds is 11. The molecular weight excluding hydrogens is 547 g/mol. The van der Waals surface area contributed by atoms with Crippen molar-refractivity contribution >= 4 is 74.6 Å². The maximum absolute atomic E-state index is 12.9. The molecule has 1 aromatic heterocycles. The van der Waals surface area contributed by atoms with Crippen molar-refractivity contribution in [1.29, 1.82) is 0 Å². The van der Waals surface area contributed by atoms with Crippen LogP contribution in [0.1, 0.15) is 26.4 Å². The number of benzene rings is 3. The van der Waals surface area contributed by atoms with E-state index in [4.69, 9.17) is 34.8 Å². The molecule has 0 unspecified atom stereocenters. The summed E-state index contributed by atoms with van der Waals surface area (Å²) in [6.45, 7) is 1.33. The number of aromatic nitrogens is 1. The Morgan fingerprint density at radius 3 is 2.24 bits per heavy atom. The number of anilines is 3. The summed E-state index contributed by atoms with van der Waals surface area (Å²) < 4.78 is 0. The van der Waals surface area contributed by atoms with E-state index in [1.807, 2.05) is 12.1 Å². The smallest absolute Gasteiger partial charge is 0.272 e. The van der Waals surface area contributed by atoms with Gasteiger partial charge in [-0.05, 0) is 66.6 Å². The Hall–Kier alpha value is -3.39. The Labute approximate surface area is 235 Å². The van der Waals surface area contributed by atoms with Crippen molar-refractivity contribution in [3.8, 4) is 5.75 Å². The van der Waals surface area contributed by atoms with Crippen LogP contribution in [-0.4, -0.2) is 52.6 Å². The fourth-order valence-electron chi connectivity index (χ4n) is 4.12. The van der Waals surface area contributed by atoms with Crippen LogP contribution in [0.2, 0.25) is 0 Å². The van der Waals surface area contributed by atoms with Crippen LogP contribution in [0.5, 0.6) is 5.75 Å². The van der Waals surface area contributed by atoms with E-state index in [1.54, 1.807) is 48.5 Å². The molecule has 38 heavy (non-hydrogen) atoms. The van der Waals surface area contributed by atoms with Crippen molar-refractivity contribution in [2.45, 2.75) is 6.42 Å². The zero-order valence-electron chi connectivity index (χ0n) is 20.4. The summed E-state index contributed by atoms with van der Waals surface area (Å²) in [4.78, 5) is 30.9. The number of fused-ring (bicyclic) bond motifs is 1. The highest BCUT2D eigenvalue weighted by molar-refractivity contribution is 6.19. The van der Waals surface area contributed by atoms with Gasteiger partial charge in [0.15, 0.2) is 0 Å². The Morgan fingerprint density at radius 2 is 1.55 bits per heavy atom. The maximum Gasteiger partial charge on any atom is 0.272 e. The summed E-state index contributed by atoms with van der Waals surface area (Å²) in [7, 11) is 0. The maximum atomic E-state index is 12.9. The van der Waals surface area contributed by atoms with Gasteiger partial charge in [-0.25, -0.2) is 0 Å². The molecular formula is C28H27Cl3N4O3. The number of aromatic hydroxyl groups is 1. The third-order valence-corrected chi connectivity index (χ3v) is 6.56. The normalized spacial score (nSPS) is 10.9. The summed E-state index contributed by atoms with van der Waals surface area (Å²) in [5.74, 6) is 0.795. The zero-order chi connectivity index (χ0) is 27.1. The number of hydrogen-bond acceptors (Lipinski definition) is 4. The molecule has 0 saturated carbocycles. The molecule has 0 spiro atoms. The Morgan fingerprint density at radius 1 is 0.816 bits per heavy atom. The van der Waals surface area contributed by atoms with Crippen molar-refractivity contribution in [3.05, 3.63) is 83.6 Å². The first kappa shape index (κ1) is 27.6. The second-order valence-electron chi connectivity index (χ2n) is 8.59. The molecule has 0 radical (unpaired) electrons. The van der Waals surface area contributed by atoms with E-state index in [1.165, 1.54) is 6.07 Å². The number of halogens is 3.